The van der Waals surface area contributed by atoms with E-state index in [0.29, 0.717) is 22.0 Å². The van der Waals surface area contributed by atoms with E-state index in [2.05, 4.69) is 31.8 Å². The summed E-state index contributed by atoms with van der Waals surface area (Å²) in [5, 5.41) is 11.7. The molecule has 182 valence electrons. The van der Waals surface area contributed by atoms with Crippen LogP contribution in [-0.4, -0.2) is 33.9 Å². The third-order valence-corrected chi connectivity index (χ3v) is 7.25. The highest BCUT2D eigenvalue weighted by molar-refractivity contribution is 7.22. The second-order valence-electron chi connectivity index (χ2n) is 9.62. The minimum absolute atomic E-state index is 0.0177. The van der Waals surface area contributed by atoms with Gasteiger partial charge in [-0.2, -0.15) is 0 Å². The summed E-state index contributed by atoms with van der Waals surface area (Å²) in [6.45, 7) is 6.40. The Kier molecular flexibility index (Phi) is 5.84. The van der Waals surface area contributed by atoms with Gasteiger partial charge in [0.25, 0.3) is 5.78 Å². The van der Waals surface area contributed by atoms with Crippen molar-refractivity contribution < 1.29 is 19.4 Å². The summed E-state index contributed by atoms with van der Waals surface area (Å²) in [5.41, 5.74) is 2.79. The first-order valence-corrected chi connectivity index (χ1v) is 12.3. The van der Waals surface area contributed by atoms with E-state index in [0.717, 1.165) is 15.8 Å². The number of aliphatic hydroxyl groups is 1. The molecule has 2 aromatic heterocycles. The average molecular weight is 500 g/mol. The average Bonchev–Trinajstić information content (AvgIpc) is 3.41. The van der Waals surface area contributed by atoms with E-state index >= 15 is 0 Å². The first-order valence-electron chi connectivity index (χ1n) is 11.5. The van der Waals surface area contributed by atoms with Crippen LogP contribution in [0.2, 0.25) is 0 Å². The summed E-state index contributed by atoms with van der Waals surface area (Å²) in [5.74, 6) is -1.28. The smallest absolute Gasteiger partial charge is 0.301 e. The Labute approximate surface area is 212 Å². The van der Waals surface area contributed by atoms with Crippen LogP contribution >= 0.6 is 11.3 Å². The van der Waals surface area contributed by atoms with Crippen LogP contribution in [0.1, 0.15) is 43.5 Å². The van der Waals surface area contributed by atoms with Gasteiger partial charge in [-0.25, -0.2) is 4.98 Å². The van der Waals surface area contributed by atoms with E-state index in [1.165, 1.54) is 23.3 Å². The number of nitrogens with zero attached hydrogens (tertiary/aromatic N) is 3. The minimum atomic E-state index is -0.882. The van der Waals surface area contributed by atoms with E-state index in [4.69, 9.17) is 9.72 Å². The first kappa shape index (κ1) is 23.7. The van der Waals surface area contributed by atoms with Crippen LogP contribution < -0.4 is 9.64 Å². The highest BCUT2D eigenvalue weighted by Gasteiger charge is 2.48. The third-order valence-electron chi connectivity index (χ3n) is 6.24. The zero-order chi connectivity index (χ0) is 25.6. The Balaban J connectivity index is 1.69. The fourth-order valence-corrected chi connectivity index (χ4v) is 5.32. The Hall–Kier alpha value is -4.04. The molecule has 36 heavy (non-hydrogen) atoms. The molecule has 0 radical (unpaired) electrons. The molecule has 5 rings (SSSR count). The molecular formula is C28H25N3O4S. The number of aliphatic hydroxyl groups excluding tert-OH is 1. The number of hydrogen-bond acceptors (Lipinski definition) is 7. The van der Waals surface area contributed by atoms with E-state index in [9.17, 15) is 14.7 Å². The summed E-state index contributed by atoms with van der Waals surface area (Å²) in [6.07, 6.45) is 3.21. The summed E-state index contributed by atoms with van der Waals surface area (Å²) in [7, 11) is 1.52. The van der Waals surface area contributed by atoms with E-state index in [1.54, 1.807) is 48.8 Å². The van der Waals surface area contributed by atoms with Crippen molar-refractivity contribution in [3.63, 3.8) is 0 Å². The summed E-state index contributed by atoms with van der Waals surface area (Å²) in [6, 6.07) is 15.4. The number of fused-ring (bicyclic) bond motifs is 1. The fourth-order valence-electron chi connectivity index (χ4n) is 4.29. The summed E-state index contributed by atoms with van der Waals surface area (Å²) >= 11 is 1.34. The van der Waals surface area contributed by atoms with Gasteiger partial charge in [0.2, 0.25) is 0 Å². The summed E-state index contributed by atoms with van der Waals surface area (Å²) in [4.78, 5) is 37.0. The number of carbonyl (C=O) groups excluding carboxylic acids is 2. The number of benzene rings is 2. The quantitative estimate of drug-likeness (QED) is 0.222. The van der Waals surface area contributed by atoms with Gasteiger partial charge in [0, 0.05) is 18.0 Å². The van der Waals surface area contributed by atoms with Gasteiger partial charge in [-0.1, -0.05) is 56.4 Å². The molecule has 1 unspecified atom stereocenters. The number of pyridine rings is 1. The van der Waals surface area contributed by atoms with Crippen molar-refractivity contribution in [3.05, 3.63) is 89.3 Å². The van der Waals surface area contributed by atoms with Crippen molar-refractivity contribution in [1.29, 1.82) is 0 Å². The Bertz CT molecular complexity index is 1520. The zero-order valence-electron chi connectivity index (χ0n) is 20.4. The van der Waals surface area contributed by atoms with Crippen molar-refractivity contribution in [3.8, 4) is 5.75 Å². The SMILES string of the molecule is COc1cccc(/C(O)=C2\C(=O)C(=O)N(c3nc4ccc(C(C)(C)C)cc4s3)C2c2cccnc2)c1. The predicted molar refractivity (Wildman–Crippen MR) is 140 cm³/mol. The van der Waals surface area contributed by atoms with Crippen molar-refractivity contribution in [2.24, 2.45) is 0 Å². The fraction of sp³-hybridized carbons (Fsp3) is 0.214. The molecule has 0 spiro atoms. The molecule has 1 saturated heterocycles. The molecule has 0 saturated carbocycles. The Morgan fingerprint density at radius 2 is 1.89 bits per heavy atom. The molecule has 1 aliphatic rings. The van der Waals surface area contributed by atoms with Gasteiger partial charge in [-0.05, 0) is 46.9 Å². The zero-order valence-corrected chi connectivity index (χ0v) is 21.2. The van der Waals surface area contributed by atoms with Gasteiger partial charge in [0.1, 0.15) is 11.5 Å². The molecule has 0 aliphatic carbocycles. The summed E-state index contributed by atoms with van der Waals surface area (Å²) < 4.78 is 6.18. The number of anilines is 1. The molecule has 1 N–H and O–H groups in total. The van der Waals surface area contributed by atoms with Crippen LogP contribution in [0, 0.1) is 0 Å². The number of methoxy groups -OCH3 is 1. The number of amides is 1. The normalized spacial score (nSPS) is 17.7. The molecule has 1 aliphatic heterocycles. The Morgan fingerprint density at radius 1 is 1.08 bits per heavy atom. The van der Waals surface area contributed by atoms with Crippen LogP contribution in [0.25, 0.3) is 16.0 Å². The molecule has 4 aromatic rings. The molecule has 1 amide bonds. The van der Waals surface area contributed by atoms with E-state index in [1.807, 2.05) is 12.1 Å². The molecule has 7 nitrogen and oxygen atoms in total. The number of hydrogen-bond donors (Lipinski definition) is 1. The van der Waals surface area contributed by atoms with Crippen molar-refractivity contribution in [2.45, 2.75) is 32.2 Å². The monoisotopic (exact) mass is 499 g/mol. The Morgan fingerprint density at radius 3 is 2.58 bits per heavy atom. The molecule has 3 heterocycles. The van der Waals surface area contributed by atoms with Gasteiger partial charge in [-0.15, -0.1) is 0 Å². The van der Waals surface area contributed by atoms with Crippen molar-refractivity contribution >= 4 is 44.1 Å². The molecular weight excluding hydrogens is 474 g/mol. The number of rotatable bonds is 4. The number of Topliss-reactive ketones (excluding diaryl/α,β-unsaturated/α-hetero) is 1. The maximum Gasteiger partial charge on any atom is 0.301 e. The van der Waals surface area contributed by atoms with Gasteiger partial charge in [0.05, 0.1) is 28.9 Å². The lowest BCUT2D eigenvalue weighted by Crippen LogP contribution is -2.29. The minimum Gasteiger partial charge on any atom is -0.507 e. The molecule has 8 heteroatoms. The number of carbonyl (C=O) groups is 2. The topological polar surface area (TPSA) is 92.6 Å². The highest BCUT2D eigenvalue weighted by Crippen LogP contribution is 2.44. The lowest BCUT2D eigenvalue weighted by Gasteiger charge is -2.22. The number of ketones is 1. The maximum atomic E-state index is 13.4. The second kappa shape index (κ2) is 8.87. The van der Waals surface area contributed by atoms with Crippen LogP contribution in [0.4, 0.5) is 5.13 Å². The molecule has 0 bridgehead atoms. The van der Waals surface area contributed by atoms with Gasteiger partial charge < -0.3 is 9.84 Å². The lowest BCUT2D eigenvalue weighted by atomic mass is 9.87. The number of ether oxygens (including phenoxy) is 1. The molecule has 1 fully saturated rings. The van der Waals surface area contributed by atoms with E-state index < -0.39 is 17.7 Å². The highest BCUT2D eigenvalue weighted by atomic mass is 32.1. The first-order chi connectivity index (χ1) is 17.2. The second-order valence-corrected chi connectivity index (χ2v) is 10.6. The van der Waals surface area contributed by atoms with Crippen LogP contribution in [0.3, 0.4) is 0 Å². The number of thiazole rings is 1. The predicted octanol–water partition coefficient (Wildman–Crippen LogP) is 5.62. The van der Waals surface area contributed by atoms with Gasteiger partial charge >= 0.3 is 5.91 Å². The number of aromatic nitrogens is 2. The lowest BCUT2D eigenvalue weighted by molar-refractivity contribution is -0.132. The standard InChI is InChI=1S/C28H25N3O4S/c1-28(2,3)18-10-11-20-21(14-18)36-27(30-20)31-23(17-8-6-12-29-15-17)22(25(33)26(31)34)24(32)16-7-5-9-19(13-16)35-4/h5-15,23,32H,1-4H3/b24-22+. The van der Waals surface area contributed by atoms with Crippen LogP contribution in [0.15, 0.2) is 72.6 Å². The largest absolute Gasteiger partial charge is 0.507 e. The van der Waals surface area contributed by atoms with Crippen molar-refractivity contribution in [2.75, 3.05) is 12.0 Å². The maximum absolute atomic E-state index is 13.4. The van der Waals surface area contributed by atoms with Crippen LogP contribution in [0.5, 0.6) is 5.75 Å². The molecule has 1 atom stereocenters. The van der Waals surface area contributed by atoms with Crippen LogP contribution in [-0.2, 0) is 15.0 Å². The van der Waals surface area contributed by atoms with Crippen molar-refractivity contribution in [1.82, 2.24) is 9.97 Å². The third kappa shape index (κ3) is 4.03. The van der Waals surface area contributed by atoms with Gasteiger partial charge in [-0.3, -0.25) is 19.5 Å². The molecule has 2 aromatic carbocycles. The van der Waals surface area contributed by atoms with E-state index in [-0.39, 0.29) is 16.7 Å². The van der Waals surface area contributed by atoms with Gasteiger partial charge in [0.15, 0.2) is 5.13 Å².